The molecular formula is C10H11N3O2S. The molecule has 0 saturated carbocycles. The van der Waals surface area contributed by atoms with Crippen molar-refractivity contribution in [2.75, 3.05) is 7.11 Å². The summed E-state index contributed by atoms with van der Waals surface area (Å²) in [4.78, 5) is 13.9. The van der Waals surface area contributed by atoms with Gasteiger partial charge < -0.3 is 20.0 Å². The predicted molar refractivity (Wildman–Crippen MR) is 62.9 cm³/mol. The van der Waals surface area contributed by atoms with E-state index in [4.69, 9.17) is 22.7 Å². The fraction of sp³-hybridized carbons (Fsp3) is 0.200. The van der Waals surface area contributed by atoms with Crippen LogP contribution in [0, 0.1) is 4.77 Å². The highest BCUT2D eigenvalue weighted by atomic mass is 32.1. The lowest BCUT2D eigenvalue weighted by molar-refractivity contribution is -0.118. The molecule has 1 aromatic carbocycles. The molecule has 6 heteroatoms. The number of hydrogen-bond donors (Lipinski definition) is 2. The first-order valence-corrected chi connectivity index (χ1v) is 5.07. The van der Waals surface area contributed by atoms with E-state index in [1.807, 2.05) is 18.2 Å². The van der Waals surface area contributed by atoms with Gasteiger partial charge in [-0.3, -0.25) is 4.79 Å². The second-order valence-corrected chi connectivity index (χ2v) is 3.75. The molecule has 0 fully saturated rings. The number of nitrogens with zero attached hydrogens (tertiary/aromatic N) is 1. The summed E-state index contributed by atoms with van der Waals surface area (Å²) in [5.74, 6) is 0.277. The summed E-state index contributed by atoms with van der Waals surface area (Å²) >= 11 is 5.11. The number of H-pyrrole nitrogens is 1. The SMILES string of the molecule is COc1ccc2[nH]c(=S)n(CC(N)=O)c2c1. The fourth-order valence-corrected chi connectivity index (χ4v) is 1.85. The number of primary amides is 1. The number of benzene rings is 1. The lowest BCUT2D eigenvalue weighted by Gasteiger charge is -2.02. The lowest BCUT2D eigenvalue weighted by atomic mass is 10.3. The van der Waals surface area contributed by atoms with E-state index < -0.39 is 5.91 Å². The van der Waals surface area contributed by atoms with Gasteiger partial charge in [-0.2, -0.15) is 0 Å². The van der Waals surface area contributed by atoms with E-state index >= 15 is 0 Å². The highest BCUT2D eigenvalue weighted by Crippen LogP contribution is 2.20. The minimum Gasteiger partial charge on any atom is -0.497 e. The van der Waals surface area contributed by atoms with E-state index in [0.29, 0.717) is 10.5 Å². The van der Waals surface area contributed by atoms with Crippen LogP contribution in [0.4, 0.5) is 0 Å². The summed E-state index contributed by atoms with van der Waals surface area (Å²) in [6, 6.07) is 5.48. The molecule has 0 spiro atoms. The first-order chi connectivity index (χ1) is 7.61. The zero-order valence-electron chi connectivity index (χ0n) is 8.69. The number of aromatic nitrogens is 2. The molecule has 0 aliphatic heterocycles. The van der Waals surface area contributed by atoms with E-state index in [-0.39, 0.29) is 6.54 Å². The summed E-state index contributed by atoms with van der Waals surface area (Å²) in [6.45, 7) is 0.0615. The molecule has 0 bridgehead atoms. The molecule has 0 radical (unpaired) electrons. The van der Waals surface area contributed by atoms with Gasteiger partial charge in [-0.15, -0.1) is 0 Å². The van der Waals surface area contributed by atoms with Gasteiger partial charge in [0, 0.05) is 6.07 Å². The molecule has 2 aromatic rings. The third kappa shape index (κ3) is 1.79. The van der Waals surface area contributed by atoms with Crippen LogP contribution < -0.4 is 10.5 Å². The van der Waals surface area contributed by atoms with Crippen LogP contribution in [0.15, 0.2) is 18.2 Å². The number of carbonyl (C=O) groups is 1. The van der Waals surface area contributed by atoms with Gasteiger partial charge in [-0.05, 0) is 24.4 Å². The monoisotopic (exact) mass is 237 g/mol. The first-order valence-electron chi connectivity index (χ1n) is 4.66. The second kappa shape index (κ2) is 3.97. The number of fused-ring (bicyclic) bond motifs is 1. The van der Waals surface area contributed by atoms with Gasteiger partial charge in [0.25, 0.3) is 0 Å². The molecule has 84 valence electrons. The Morgan fingerprint density at radius 1 is 1.62 bits per heavy atom. The lowest BCUT2D eigenvalue weighted by Crippen LogP contribution is -2.18. The molecule has 0 atom stereocenters. The van der Waals surface area contributed by atoms with Gasteiger partial charge in [-0.25, -0.2) is 0 Å². The van der Waals surface area contributed by atoms with Crippen molar-refractivity contribution in [3.8, 4) is 5.75 Å². The number of nitrogens with two attached hydrogens (primary N) is 1. The summed E-state index contributed by atoms with van der Waals surface area (Å²) < 4.78 is 7.24. The molecule has 2 rings (SSSR count). The zero-order valence-corrected chi connectivity index (χ0v) is 9.50. The van der Waals surface area contributed by atoms with E-state index in [2.05, 4.69) is 4.98 Å². The maximum atomic E-state index is 10.9. The average Bonchev–Trinajstić information content (AvgIpc) is 2.54. The van der Waals surface area contributed by atoms with Crippen molar-refractivity contribution in [2.24, 2.45) is 5.73 Å². The average molecular weight is 237 g/mol. The highest BCUT2D eigenvalue weighted by Gasteiger charge is 2.07. The number of aromatic amines is 1. The summed E-state index contributed by atoms with van der Waals surface area (Å²) in [5.41, 5.74) is 6.83. The Labute approximate surface area is 96.8 Å². The van der Waals surface area contributed by atoms with E-state index in [1.165, 1.54) is 0 Å². The smallest absolute Gasteiger partial charge is 0.237 e. The molecule has 0 saturated heterocycles. The number of nitrogens with one attached hydrogen (secondary N) is 1. The van der Waals surface area contributed by atoms with Crippen LogP contribution in [-0.2, 0) is 11.3 Å². The quantitative estimate of drug-likeness (QED) is 0.788. The van der Waals surface area contributed by atoms with Crippen LogP contribution in [0.5, 0.6) is 5.75 Å². The predicted octanol–water partition coefficient (Wildman–Crippen LogP) is 1.19. The molecule has 1 heterocycles. The van der Waals surface area contributed by atoms with Crippen LogP contribution in [0.2, 0.25) is 0 Å². The van der Waals surface area contributed by atoms with Crippen LogP contribution >= 0.6 is 12.2 Å². The Morgan fingerprint density at radius 3 is 3.00 bits per heavy atom. The highest BCUT2D eigenvalue weighted by molar-refractivity contribution is 7.71. The Balaban J connectivity index is 2.65. The number of methoxy groups -OCH3 is 1. The second-order valence-electron chi connectivity index (χ2n) is 3.37. The maximum absolute atomic E-state index is 10.9. The van der Waals surface area contributed by atoms with Crippen LogP contribution in [0.25, 0.3) is 11.0 Å². The van der Waals surface area contributed by atoms with E-state index in [1.54, 1.807) is 11.7 Å². The summed E-state index contributed by atoms with van der Waals surface area (Å²) in [6.07, 6.45) is 0. The third-order valence-electron chi connectivity index (χ3n) is 2.30. The number of ether oxygens (including phenoxy) is 1. The van der Waals surface area contributed by atoms with E-state index in [0.717, 1.165) is 11.0 Å². The topological polar surface area (TPSA) is 73.0 Å². The van der Waals surface area contributed by atoms with Crippen molar-refractivity contribution in [1.29, 1.82) is 0 Å². The normalized spacial score (nSPS) is 10.6. The van der Waals surface area contributed by atoms with Crippen LogP contribution in [0.3, 0.4) is 0 Å². The van der Waals surface area contributed by atoms with Crippen molar-refractivity contribution in [3.63, 3.8) is 0 Å². The number of carbonyl (C=O) groups excluding carboxylic acids is 1. The number of rotatable bonds is 3. The van der Waals surface area contributed by atoms with Crippen molar-refractivity contribution in [1.82, 2.24) is 9.55 Å². The summed E-state index contributed by atoms with van der Waals surface area (Å²) in [5, 5.41) is 0. The zero-order chi connectivity index (χ0) is 11.7. The first kappa shape index (κ1) is 10.7. The van der Waals surface area contributed by atoms with Crippen molar-refractivity contribution in [3.05, 3.63) is 23.0 Å². The van der Waals surface area contributed by atoms with Gasteiger partial charge in [-0.1, -0.05) is 0 Å². The molecule has 1 aromatic heterocycles. The Bertz CT molecular complexity index is 600. The Hall–Kier alpha value is -1.82. The van der Waals surface area contributed by atoms with Gasteiger partial charge in [0.15, 0.2) is 4.77 Å². The van der Waals surface area contributed by atoms with Gasteiger partial charge in [0.1, 0.15) is 12.3 Å². The number of amides is 1. The summed E-state index contributed by atoms with van der Waals surface area (Å²) in [7, 11) is 1.58. The van der Waals surface area contributed by atoms with Crippen LogP contribution in [-0.4, -0.2) is 22.6 Å². The number of imidazole rings is 1. The standard InChI is InChI=1S/C10H11N3O2S/c1-15-6-2-3-7-8(4-6)13(5-9(11)14)10(16)12-7/h2-4H,5H2,1H3,(H2,11,14)(H,12,16). The Kier molecular flexibility index (Phi) is 2.66. The van der Waals surface area contributed by atoms with Crippen molar-refractivity contribution >= 4 is 29.2 Å². The third-order valence-corrected chi connectivity index (χ3v) is 2.62. The number of hydrogen-bond acceptors (Lipinski definition) is 3. The fourth-order valence-electron chi connectivity index (χ4n) is 1.57. The Morgan fingerprint density at radius 2 is 2.38 bits per heavy atom. The molecule has 5 nitrogen and oxygen atoms in total. The molecule has 3 N–H and O–H groups in total. The van der Waals surface area contributed by atoms with Gasteiger partial charge in [0.05, 0.1) is 18.1 Å². The van der Waals surface area contributed by atoms with Crippen molar-refractivity contribution < 1.29 is 9.53 Å². The minimum absolute atomic E-state index is 0.0615. The maximum Gasteiger partial charge on any atom is 0.237 e. The molecule has 16 heavy (non-hydrogen) atoms. The molecule has 1 amide bonds. The minimum atomic E-state index is -0.431. The van der Waals surface area contributed by atoms with Gasteiger partial charge in [0.2, 0.25) is 5.91 Å². The van der Waals surface area contributed by atoms with E-state index in [9.17, 15) is 4.79 Å². The largest absolute Gasteiger partial charge is 0.497 e. The molecule has 0 aliphatic rings. The van der Waals surface area contributed by atoms with Crippen LogP contribution in [0.1, 0.15) is 0 Å². The van der Waals surface area contributed by atoms with Gasteiger partial charge >= 0.3 is 0 Å². The molecular weight excluding hydrogens is 226 g/mol. The van der Waals surface area contributed by atoms with Crippen molar-refractivity contribution in [2.45, 2.75) is 6.54 Å². The molecule has 0 unspecified atom stereocenters. The molecule has 0 aliphatic carbocycles.